The van der Waals surface area contributed by atoms with E-state index < -0.39 is 18.0 Å². The molecule has 0 aliphatic heterocycles. The monoisotopic (exact) mass is 411 g/mol. The number of amides is 1. The number of nitrogens with one attached hydrogen (secondary N) is 2. The molecule has 0 aliphatic rings. The van der Waals surface area contributed by atoms with Crippen molar-refractivity contribution in [2.75, 3.05) is 5.32 Å². The summed E-state index contributed by atoms with van der Waals surface area (Å²) < 4.78 is 5.27. The number of rotatable bonds is 6. The van der Waals surface area contributed by atoms with Gasteiger partial charge in [0.25, 0.3) is 5.91 Å². The van der Waals surface area contributed by atoms with Gasteiger partial charge in [0.05, 0.1) is 5.69 Å². The second-order valence-electron chi connectivity index (χ2n) is 6.62. The average Bonchev–Trinajstić information content (AvgIpc) is 3.26. The number of anilines is 1. The summed E-state index contributed by atoms with van der Waals surface area (Å²) in [6, 6.07) is 9.61. The number of aryl methyl sites for hydroxylation is 1. The molecule has 1 amide bonds. The Labute approximate surface area is 172 Å². The van der Waals surface area contributed by atoms with E-state index in [9.17, 15) is 14.4 Å². The summed E-state index contributed by atoms with van der Waals surface area (Å²) in [4.78, 5) is 43.8. The van der Waals surface area contributed by atoms with Crippen LogP contribution in [0.4, 0.5) is 5.13 Å². The summed E-state index contributed by atoms with van der Waals surface area (Å²) in [6.45, 7) is 6.30. The molecule has 0 aliphatic carbocycles. The summed E-state index contributed by atoms with van der Waals surface area (Å²) >= 11 is 1.29. The van der Waals surface area contributed by atoms with Gasteiger partial charge in [-0.1, -0.05) is 30.3 Å². The number of carbonyl (C=O) groups is 3. The molecule has 2 N–H and O–H groups in total. The van der Waals surface area contributed by atoms with Crippen molar-refractivity contribution in [3.8, 4) is 11.3 Å². The van der Waals surface area contributed by atoms with Crippen LogP contribution in [0, 0.1) is 13.8 Å². The van der Waals surface area contributed by atoms with Crippen LogP contribution in [0.15, 0.2) is 35.7 Å². The van der Waals surface area contributed by atoms with E-state index in [1.54, 1.807) is 13.8 Å². The number of aromatic amines is 1. The molecule has 0 spiro atoms. The van der Waals surface area contributed by atoms with Crippen LogP contribution in [0.5, 0.6) is 0 Å². The minimum absolute atomic E-state index is 0.140. The predicted molar refractivity (Wildman–Crippen MR) is 111 cm³/mol. The van der Waals surface area contributed by atoms with Crippen molar-refractivity contribution in [2.45, 2.75) is 33.8 Å². The standard InChI is InChI=1S/C21H21N3O4S/c1-11-17(13(3)25)12(2)22-18(11)20(27)28-14(4)19(26)24-21-23-16(10-29-21)15-8-6-5-7-9-15/h5-10,14,22H,1-4H3,(H,23,24,26)/t14-/m0/s1. The number of Topliss-reactive ketones (excluding diaryl/α,β-unsaturated/α-hetero) is 1. The van der Waals surface area contributed by atoms with Gasteiger partial charge in [0, 0.05) is 22.2 Å². The topological polar surface area (TPSA) is 101 Å². The molecule has 7 nitrogen and oxygen atoms in total. The Kier molecular flexibility index (Phi) is 5.93. The highest BCUT2D eigenvalue weighted by molar-refractivity contribution is 7.14. The van der Waals surface area contributed by atoms with Gasteiger partial charge in [-0.15, -0.1) is 11.3 Å². The fraction of sp³-hybridized carbons (Fsp3) is 0.238. The molecule has 0 radical (unpaired) electrons. The van der Waals surface area contributed by atoms with Crippen molar-refractivity contribution < 1.29 is 19.1 Å². The van der Waals surface area contributed by atoms with Crippen LogP contribution in [-0.2, 0) is 9.53 Å². The average molecular weight is 411 g/mol. The van der Waals surface area contributed by atoms with Crippen molar-refractivity contribution in [2.24, 2.45) is 0 Å². The number of benzene rings is 1. The summed E-state index contributed by atoms with van der Waals surface area (Å²) in [5, 5.41) is 4.93. The first kappa shape index (κ1) is 20.5. The molecular formula is C21H21N3O4S. The van der Waals surface area contributed by atoms with Gasteiger partial charge in [-0.05, 0) is 33.3 Å². The Morgan fingerprint density at radius 3 is 2.48 bits per heavy atom. The summed E-state index contributed by atoms with van der Waals surface area (Å²) in [7, 11) is 0. The SMILES string of the molecule is CC(=O)c1c(C)[nH]c(C(=O)O[C@@H](C)C(=O)Nc2nc(-c3ccccc3)cs2)c1C. The molecule has 1 aromatic carbocycles. The lowest BCUT2D eigenvalue weighted by Gasteiger charge is -2.12. The molecule has 0 unspecified atom stereocenters. The van der Waals surface area contributed by atoms with Gasteiger partial charge in [-0.2, -0.15) is 0 Å². The summed E-state index contributed by atoms with van der Waals surface area (Å²) in [6.07, 6.45) is -1.03. The predicted octanol–water partition coefficient (Wildman–Crippen LogP) is 4.14. The van der Waals surface area contributed by atoms with E-state index >= 15 is 0 Å². The van der Waals surface area contributed by atoms with Gasteiger partial charge in [-0.25, -0.2) is 9.78 Å². The van der Waals surface area contributed by atoms with Gasteiger partial charge < -0.3 is 9.72 Å². The summed E-state index contributed by atoms with van der Waals surface area (Å²) in [5.74, 6) is -1.32. The Morgan fingerprint density at radius 2 is 1.86 bits per heavy atom. The van der Waals surface area contributed by atoms with Crippen LogP contribution in [0.3, 0.4) is 0 Å². The number of ether oxygens (including phenoxy) is 1. The van der Waals surface area contributed by atoms with Crippen molar-refractivity contribution in [1.82, 2.24) is 9.97 Å². The zero-order valence-electron chi connectivity index (χ0n) is 16.5. The fourth-order valence-electron chi connectivity index (χ4n) is 3.03. The Morgan fingerprint density at radius 1 is 1.17 bits per heavy atom. The second-order valence-corrected chi connectivity index (χ2v) is 7.48. The molecular weight excluding hydrogens is 390 g/mol. The molecule has 150 valence electrons. The first-order valence-electron chi connectivity index (χ1n) is 9.00. The van der Waals surface area contributed by atoms with Gasteiger partial charge in [0.2, 0.25) is 0 Å². The van der Waals surface area contributed by atoms with Crippen LogP contribution in [0.1, 0.15) is 46.0 Å². The zero-order valence-corrected chi connectivity index (χ0v) is 17.3. The molecule has 2 heterocycles. The molecule has 29 heavy (non-hydrogen) atoms. The number of ketones is 1. The van der Waals surface area contributed by atoms with Gasteiger partial charge in [0.1, 0.15) is 5.69 Å². The van der Waals surface area contributed by atoms with Gasteiger partial charge in [0.15, 0.2) is 17.0 Å². The summed E-state index contributed by atoms with van der Waals surface area (Å²) in [5.41, 5.74) is 3.45. The third-order valence-electron chi connectivity index (χ3n) is 4.45. The quantitative estimate of drug-likeness (QED) is 0.469. The van der Waals surface area contributed by atoms with Crippen LogP contribution >= 0.6 is 11.3 Å². The van der Waals surface area contributed by atoms with Crippen molar-refractivity contribution in [1.29, 1.82) is 0 Å². The van der Waals surface area contributed by atoms with Crippen LogP contribution in [-0.4, -0.2) is 33.7 Å². The third-order valence-corrected chi connectivity index (χ3v) is 5.21. The molecule has 3 aromatic rings. The first-order chi connectivity index (χ1) is 13.8. The molecule has 0 saturated carbocycles. The number of hydrogen-bond acceptors (Lipinski definition) is 6. The van der Waals surface area contributed by atoms with E-state index in [0.29, 0.717) is 22.0 Å². The molecule has 0 fully saturated rings. The Balaban J connectivity index is 1.65. The fourth-order valence-corrected chi connectivity index (χ4v) is 3.76. The van der Waals surface area contributed by atoms with E-state index in [2.05, 4.69) is 15.3 Å². The minimum Gasteiger partial charge on any atom is -0.448 e. The zero-order chi connectivity index (χ0) is 21.1. The second kappa shape index (κ2) is 8.40. The highest BCUT2D eigenvalue weighted by atomic mass is 32.1. The lowest BCUT2D eigenvalue weighted by atomic mass is 10.1. The molecule has 0 bridgehead atoms. The van der Waals surface area contributed by atoms with Gasteiger partial charge >= 0.3 is 5.97 Å². The number of esters is 1. The van der Waals surface area contributed by atoms with Crippen LogP contribution in [0.25, 0.3) is 11.3 Å². The Hall–Kier alpha value is -3.26. The maximum atomic E-state index is 12.5. The number of hydrogen-bond donors (Lipinski definition) is 2. The van der Waals surface area contributed by atoms with Crippen molar-refractivity contribution >= 4 is 34.1 Å². The van der Waals surface area contributed by atoms with E-state index in [1.807, 2.05) is 35.7 Å². The highest BCUT2D eigenvalue weighted by Gasteiger charge is 2.25. The third kappa shape index (κ3) is 4.43. The number of thiazole rings is 1. The van der Waals surface area contributed by atoms with Crippen molar-refractivity contribution in [3.63, 3.8) is 0 Å². The van der Waals surface area contributed by atoms with E-state index in [-0.39, 0.29) is 11.5 Å². The molecule has 2 aromatic heterocycles. The number of aromatic nitrogens is 2. The Bertz CT molecular complexity index is 1070. The maximum Gasteiger partial charge on any atom is 0.355 e. The van der Waals surface area contributed by atoms with Crippen LogP contribution in [0.2, 0.25) is 0 Å². The van der Waals surface area contributed by atoms with E-state index in [0.717, 1.165) is 11.3 Å². The van der Waals surface area contributed by atoms with E-state index in [1.165, 1.54) is 25.2 Å². The largest absolute Gasteiger partial charge is 0.448 e. The minimum atomic E-state index is -1.03. The molecule has 3 rings (SSSR count). The number of H-pyrrole nitrogens is 1. The molecule has 0 saturated heterocycles. The lowest BCUT2D eigenvalue weighted by Crippen LogP contribution is -2.30. The number of carbonyl (C=O) groups excluding carboxylic acids is 3. The normalized spacial score (nSPS) is 11.7. The smallest absolute Gasteiger partial charge is 0.355 e. The lowest BCUT2D eigenvalue weighted by molar-refractivity contribution is -0.123. The van der Waals surface area contributed by atoms with Crippen LogP contribution < -0.4 is 5.32 Å². The van der Waals surface area contributed by atoms with E-state index in [4.69, 9.17) is 4.74 Å². The number of nitrogens with zero attached hydrogens (tertiary/aromatic N) is 1. The molecule has 1 atom stereocenters. The first-order valence-corrected chi connectivity index (χ1v) is 9.88. The highest BCUT2D eigenvalue weighted by Crippen LogP contribution is 2.25. The van der Waals surface area contributed by atoms with Gasteiger partial charge in [-0.3, -0.25) is 14.9 Å². The molecule has 8 heteroatoms. The maximum absolute atomic E-state index is 12.5. The van der Waals surface area contributed by atoms with Crippen molar-refractivity contribution in [3.05, 3.63) is 58.2 Å².